The number of alkyl halides is 1. The minimum atomic E-state index is -1.20. The largest absolute Gasteiger partial charge is 0.326 e. The lowest BCUT2D eigenvalue weighted by Gasteiger charge is -2.24. The number of H-pyrrole nitrogens is 1. The zero-order chi connectivity index (χ0) is 23.8. The zero-order valence-electron chi connectivity index (χ0n) is 19.0. The average Bonchev–Trinajstić information content (AvgIpc) is 3.54. The second kappa shape index (κ2) is 8.96. The van der Waals surface area contributed by atoms with E-state index >= 15 is 0 Å². The molecule has 1 aliphatic carbocycles. The van der Waals surface area contributed by atoms with Crippen LogP contribution in [0.2, 0.25) is 0 Å². The fraction of sp³-hybridized carbons (Fsp3) is 0.435. The van der Waals surface area contributed by atoms with Gasteiger partial charge < -0.3 is 15.5 Å². The summed E-state index contributed by atoms with van der Waals surface area (Å²) in [5, 5.41) is 13.3. The van der Waals surface area contributed by atoms with Gasteiger partial charge in [0.1, 0.15) is 18.0 Å². The normalized spacial score (nSPS) is 19.5. The van der Waals surface area contributed by atoms with Crippen LogP contribution in [-0.4, -0.2) is 49.8 Å². The molecule has 0 spiro atoms. The highest BCUT2D eigenvalue weighted by atomic mass is 19.1. The highest BCUT2D eigenvalue weighted by Crippen LogP contribution is 2.33. The maximum absolute atomic E-state index is 14.5. The van der Waals surface area contributed by atoms with Crippen molar-refractivity contribution >= 4 is 29.2 Å². The molecule has 0 bridgehead atoms. The molecule has 1 aliphatic heterocycles. The number of carbonyl (C=O) groups is 1. The highest BCUT2D eigenvalue weighted by molar-refractivity contribution is 5.97. The third-order valence-electron chi connectivity index (χ3n) is 6.19. The number of hydrogen-bond acceptors (Lipinski definition) is 7. The maximum Gasteiger partial charge on any atom is 0.247 e. The van der Waals surface area contributed by atoms with Crippen LogP contribution in [-0.2, 0) is 17.6 Å². The molecular formula is C23H26F2N8O. The molecule has 34 heavy (non-hydrogen) atoms. The Morgan fingerprint density at radius 3 is 2.85 bits per heavy atom. The SMILES string of the molecule is CC(C)c1cc(Nc2nc(N3CC(F)CC3C(=O)Nc3ccc(F)nc3)nc3c2CCC3)n[nH]1. The van der Waals surface area contributed by atoms with E-state index in [9.17, 15) is 13.6 Å². The first-order valence-electron chi connectivity index (χ1n) is 11.4. The Hall–Kier alpha value is -3.63. The number of amides is 1. The highest BCUT2D eigenvalue weighted by Gasteiger charge is 2.39. The van der Waals surface area contributed by atoms with E-state index in [0.717, 1.165) is 42.3 Å². The molecule has 0 aromatic carbocycles. The van der Waals surface area contributed by atoms with Crippen molar-refractivity contribution in [3.8, 4) is 0 Å². The topological polar surface area (TPSA) is 112 Å². The Balaban J connectivity index is 1.42. The molecule has 2 aliphatic rings. The van der Waals surface area contributed by atoms with Crippen molar-refractivity contribution in [1.82, 2.24) is 25.1 Å². The van der Waals surface area contributed by atoms with Crippen LogP contribution < -0.4 is 15.5 Å². The van der Waals surface area contributed by atoms with Crippen molar-refractivity contribution in [2.24, 2.45) is 0 Å². The molecule has 178 valence electrons. The van der Waals surface area contributed by atoms with Crippen LogP contribution in [0.15, 0.2) is 24.4 Å². The third-order valence-corrected chi connectivity index (χ3v) is 6.19. The van der Waals surface area contributed by atoms with Gasteiger partial charge in [0.15, 0.2) is 5.82 Å². The van der Waals surface area contributed by atoms with Crippen molar-refractivity contribution in [2.75, 3.05) is 22.1 Å². The molecule has 3 aromatic rings. The van der Waals surface area contributed by atoms with Gasteiger partial charge in [-0.3, -0.25) is 9.89 Å². The minimum Gasteiger partial charge on any atom is -0.326 e. The van der Waals surface area contributed by atoms with Crippen LogP contribution in [0, 0.1) is 5.95 Å². The van der Waals surface area contributed by atoms with Gasteiger partial charge in [-0.2, -0.15) is 14.5 Å². The Bertz CT molecular complexity index is 1200. The van der Waals surface area contributed by atoms with Crippen LogP contribution in [0.25, 0.3) is 0 Å². The summed E-state index contributed by atoms with van der Waals surface area (Å²) in [6.07, 6.45) is 2.63. The van der Waals surface area contributed by atoms with Gasteiger partial charge in [0.05, 0.1) is 24.1 Å². The molecule has 11 heteroatoms. The lowest BCUT2D eigenvalue weighted by molar-refractivity contribution is -0.117. The van der Waals surface area contributed by atoms with E-state index in [1.54, 1.807) is 4.90 Å². The summed E-state index contributed by atoms with van der Waals surface area (Å²) < 4.78 is 27.6. The van der Waals surface area contributed by atoms with Gasteiger partial charge in [-0.1, -0.05) is 13.8 Å². The molecule has 1 saturated heterocycles. The molecule has 0 saturated carbocycles. The van der Waals surface area contributed by atoms with Gasteiger partial charge >= 0.3 is 0 Å². The summed E-state index contributed by atoms with van der Waals surface area (Å²) in [6.45, 7) is 4.16. The molecule has 1 amide bonds. The zero-order valence-corrected chi connectivity index (χ0v) is 19.0. The number of aromatic nitrogens is 5. The number of nitrogens with zero attached hydrogens (tertiary/aromatic N) is 5. The van der Waals surface area contributed by atoms with Gasteiger partial charge in [0, 0.05) is 23.7 Å². The summed E-state index contributed by atoms with van der Waals surface area (Å²) in [5.41, 5.74) is 3.26. The second-order valence-electron chi connectivity index (χ2n) is 9.00. The van der Waals surface area contributed by atoms with E-state index in [1.807, 2.05) is 6.07 Å². The number of carbonyl (C=O) groups excluding carboxylic acids is 1. The van der Waals surface area contributed by atoms with Crippen LogP contribution in [0.1, 0.15) is 49.6 Å². The smallest absolute Gasteiger partial charge is 0.247 e. The summed E-state index contributed by atoms with van der Waals surface area (Å²) in [6, 6.07) is 3.70. The summed E-state index contributed by atoms with van der Waals surface area (Å²) >= 11 is 0. The van der Waals surface area contributed by atoms with Gasteiger partial charge in [-0.25, -0.2) is 14.4 Å². The van der Waals surface area contributed by atoms with E-state index in [2.05, 4.69) is 39.7 Å². The molecule has 2 unspecified atom stereocenters. The third kappa shape index (κ3) is 4.42. The van der Waals surface area contributed by atoms with E-state index < -0.39 is 24.1 Å². The predicted molar refractivity (Wildman–Crippen MR) is 123 cm³/mol. The summed E-state index contributed by atoms with van der Waals surface area (Å²) in [4.78, 5) is 27.5. The molecule has 4 heterocycles. The van der Waals surface area contributed by atoms with Crippen molar-refractivity contribution in [2.45, 2.75) is 57.7 Å². The van der Waals surface area contributed by atoms with Crippen LogP contribution in [0.5, 0.6) is 0 Å². The van der Waals surface area contributed by atoms with Gasteiger partial charge in [-0.15, -0.1) is 0 Å². The lowest BCUT2D eigenvalue weighted by Crippen LogP contribution is -2.40. The van der Waals surface area contributed by atoms with E-state index in [-0.39, 0.29) is 13.0 Å². The van der Waals surface area contributed by atoms with Gasteiger partial charge in [0.2, 0.25) is 17.8 Å². The first kappa shape index (κ1) is 22.2. The Morgan fingerprint density at radius 2 is 2.12 bits per heavy atom. The average molecular weight is 469 g/mol. The number of halogens is 2. The number of aryl methyl sites for hydroxylation is 1. The minimum absolute atomic E-state index is 0.0118. The summed E-state index contributed by atoms with van der Waals surface area (Å²) in [5.74, 6) is 0.819. The first-order valence-corrected chi connectivity index (χ1v) is 11.4. The number of hydrogen-bond donors (Lipinski definition) is 3. The summed E-state index contributed by atoms with van der Waals surface area (Å²) in [7, 11) is 0. The molecule has 0 radical (unpaired) electrons. The fourth-order valence-corrected chi connectivity index (χ4v) is 4.40. The van der Waals surface area contributed by atoms with Crippen molar-refractivity contribution in [3.63, 3.8) is 0 Å². The number of aromatic amines is 1. The van der Waals surface area contributed by atoms with Crippen LogP contribution in [0.4, 0.5) is 32.1 Å². The van der Waals surface area contributed by atoms with E-state index in [4.69, 9.17) is 9.97 Å². The standard InChI is InChI=1S/C23H26F2N8O/c1-12(2)17-9-20(32-31-17)29-21-15-4-3-5-16(15)28-23(30-21)33-11-13(24)8-18(33)22(34)27-14-6-7-19(25)26-10-14/h6-7,9-10,12-13,18H,3-5,8,11H2,1-2H3,(H,27,34)(H2,28,29,30,31,32). The Labute approximate surface area is 195 Å². The van der Waals surface area contributed by atoms with E-state index in [0.29, 0.717) is 29.2 Å². The fourth-order valence-electron chi connectivity index (χ4n) is 4.40. The van der Waals surface area contributed by atoms with Crippen LogP contribution in [0.3, 0.4) is 0 Å². The maximum atomic E-state index is 14.5. The first-order chi connectivity index (χ1) is 16.4. The lowest BCUT2D eigenvalue weighted by atomic mass is 10.1. The molecule has 9 nitrogen and oxygen atoms in total. The molecule has 3 N–H and O–H groups in total. The van der Waals surface area contributed by atoms with Crippen molar-refractivity contribution < 1.29 is 13.6 Å². The number of rotatable bonds is 6. The van der Waals surface area contributed by atoms with Gasteiger partial charge in [0.25, 0.3) is 0 Å². The molecule has 2 atom stereocenters. The Kier molecular flexibility index (Phi) is 5.84. The second-order valence-corrected chi connectivity index (χ2v) is 9.00. The predicted octanol–water partition coefficient (Wildman–Crippen LogP) is 3.65. The molecule has 3 aromatic heterocycles. The number of pyridine rings is 1. The van der Waals surface area contributed by atoms with Gasteiger partial charge in [-0.05, 0) is 37.3 Å². The number of nitrogens with one attached hydrogen (secondary N) is 3. The number of anilines is 4. The monoisotopic (exact) mass is 468 g/mol. The quantitative estimate of drug-likeness (QED) is 0.474. The molecular weight excluding hydrogens is 442 g/mol. The Morgan fingerprint density at radius 1 is 1.26 bits per heavy atom. The van der Waals surface area contributed by atoms with E-state index in [1.165, 1.54) is 12.3 Å². The number of fused-ring (bicyclic) bond motifs is 1. The van der Waals surface area contributed by atoms with Crippen molar-refractivity contribution in [3.05, 3.63) is 47.3 Å². The van der Waals surface area contributed by atoms with Crippen molar-refractivity contribution in [1.29, 1.82) is 0 Å². The van der Waals surface area contributed by atoms with Crippen LogP contribution >= 0.6 is 0 Å². The molecule has 5 rings (SSSR count). The molecule has 1 fully saturated rings.